The van der Waals surface area contributed by atoms with E-state index in [4.69, 9.17) is 21.3 Å². The summed E-state index contributed by atoms with van der Waals surface area (Å²) in [5.41, 5.74) is 0.719. The summed E-state index contributed by atoms with van der Waals surface area (Å²) in [5, 5.41) is 12.6. The highest BCUT2D eigenvalue weighted by Gasteiger charge is 2.28. The number of hydrogen-bond donors (Lipinski definition) is 1. The van der Waals surface area contributed by atoms with Gasteiger partial charge in [-0.1, -0.05) is 42.4 Å². The van der Waals surface area contributed by atoms with Crippen molar-refractivity contribution in [2.75, 3.05) is 51.2 Å². The third-order valence-corrected chi connectivity index (χ3v) is 8.26. The van der Waals surface area contributed by atoms with Gasteiger partial charge in [-0.15, -0.1) is 0 Å². The van der Waals surface area contributed by atoms with Gasteiger partial charge in [-0.05, 0) is 60.5 Å². The van der Waals surface area contributed by atoms with Gasteiger partial charge in [-0.2, -0.15) is 9.97 Å². The molecule has 0 aliphatic carbocycles. The van der Waals surface area contributed by atoms with Crippen LogP contribution in [0.25, 0.3) is 32.8 Å². The quantitative estimate of drug-likeness (QED) is 0.325. The predicted molar refractivity (Wildman–Crippen MR) is 159 cm³/mol. The molecule has 4 aromatic rings. The highest BCUT2D eigenvalue weighted by molar-refractivity contribution is 6.35. The summed E-state index contributed by atoms with van der Waals surface area (Å²) in [7, 11) is 2.07. The number of nitrogens with zero attached hydrogens (tertiary/aromatic N) is 5. The van der Waals surface area contributed by atoms with Crippen LogP contribution in [0.1, 0.15) is 12.8 Å². The van der Waals surface area contributed by atoms with E-state index in [2.05, 4.69) is 23.5 Å². The van der Waals surface area contributed by atoms with E-state index < -0.39 is 5.82 Å². The van der Waals surface area contributed by atoms with Crippen LogP contribution < -0.4 is 9.64 Å². The van der Waals surface area contributed by atoms with E-state index in [0.717, 1.165) is 36.7 Å². The minimum atomic E-state index is -0.611. The molecule has 0 spiro atoms. The molecule has 1 amide bonds. The molecule has 10 heteroatoms. The summed E-state index contributed by atoms with van der Waals surface area (Å²) in [4.78, 5) is 27.5. The van der Waals surface area contributed by atoms with Gasteiger partial charge in [0.2, 0.25) is 5.91 Å². The fourth-order valence-corrected chi connectivity index (χ4v) is 6.02. The number of aromatic hydroxyl groups is 1. The maximum absolute atomic E-state index is 16.6. The average molecular weight is 576 g/mol. The van der Waals surface area contributed by atoms with Crippen LogP contribution in [0, 0.1) is 5.82 Å². The summed E-state index contributed by atoms with van der Waals surface area (Å²) in [6.45, 7) is 7.32. The average Bonchev–Trinajstić information content (AvgIpc) is 2.98. The molecular formula is C31H31ClFN5O3. The third kappa shape index (κ3) is 5.27. The summed E-state index contributed by atoms with van der Waals surface area (Å²) in [6, 6.07) is 12.4. The van der Waals surface area contributed by atoms with Crippen molar-refractivity contribution in [3.8, 4) is 22.9 Å². The summed E-state index contributed by atoms with van der Waals surface area (Å²) >= 11 is 6.80. The van der Waals surface area contributed by atoms with Gasteiger partial charge in [-0.25, -0.2) is 4.39 Å². The fourth-order valence-electron chi connectivity index (χ4n) is 5.72. The Balaban J connectivity index is 1.48. The Hall–Kier alpha value is -3.95. The van der Waals surface area contributed by atoms with Gasteiger partial charge in [0.25, 0.3) is 0 Å². The molecule has 0 bridgehead atoms. The van der Waals surface area contributed by atoms with Crippen molar-refractivity contribution in [3.63, 3.8) is 0 Å². The van der Waals surface area contributed by atoms with Gasteiger partial charge in [-0.3, -0.25) is 4.79 Å². The minimum absolute atomic E-state index is 0.0101. The lowest BCUT2D eigenvalue weighted by Crippen LogP contribution is -2.48. The number of carbonyl (C=O) groups excluding carboxylic acids is 1. The number of ether oxygens (including phenoxy) is 1. The maximum atomic E-state index is 16.6. The van der Waals surface area contributed by atoms with E-state index in [1.165, 1.54) is 12.1 Å². The number of aromatic nitrogens is 2. The second-order valence-electron chi connectivity index (χ2n) is 10.6. The summed E-state index contributed by atoms with van der Waals surface area (Å²) in [5.74, 6) is -0.214. The van der Waals surface area contributed by atoms with Crippen molar-refractivity contribution in [2.24, 2.45) is 0 Å². The van der Waals surface area contributed by atoms with Gasteiger partial charge >= 0.3 is 6.01 Å². The van der Waals surface area contributed by atoms with Gasteiger partial charge < -0.3 is 24.5 Å². The molecule has 8 nitrogen and oxygen atoms in total. The van der Waals surface area contributed by atoms with E-state index in [1.54, 1.807) is 17.0 Å². The fraction of sp³-hybridized carbons (Fsp3) is 0.323. The van der Waals surface area contributed by atoms with Crippen LogP contribution in [0.3, 0.4) is 0 Å². The first kappa shape index (κ1) is 27.2. The zero-order valence-corrected chi connectivity index (χ0v) is 23.6. The van der Waals surface area contributed by atoms with Gasteiger partial charge in [0, 0.05) is 50.2 Å². The van der Waals surface area contributed by atoms with E-state index in [9.17, 15) is 9.90 Å². The number of anilines is 1. The van der Waals surface area contributed by atoms with Crippen LogP contribution in [-0.2, 0) is 4.79 Å². The monoisotopic (exact) mass is 575 g/mol. The lowest BCUT2D eigenvalue weighted by atomic mass is 9.96. The summed E-state index contributed by atoms with van der Waals surface area (Å²) in [6.07, 6.45) is 2.87. The zero-order chi connectivity index (χ0) is 28.7. The molecule has 0 unspecified atom stereocenters. The van der Waals surface area contributed by atoms with Crippen molar-refractivity contribution in [3.05, 3.63) is 66.0 Å². The molecule has 2 aliphatic rings. The Morgan fingerprint density at radius 3 is 2.54 bits per heavy atom. The van der Waals surface area contributed by atoms with Crippen LogP contribution in [0.2, 0.25) is 5.02 Å². The van der Waals surface area contributed by atoms with Crippen LogP contribution in [0.4, 0.5) is 10.2 Å². The van der Waals surface area contributed by atoms with Crippen LogP contribution >= 0.6 is 11.6 Å². The Kier molecular flexibility index (Phi) is 7.40. The normalized spacial score (nSPS) is 16.9. The number of piperidine rings is 1. The SMILES string of the molecule is C=CC(=O)N1CCN(c2nc(OC3CCN(C)CC3)nc3c(F)c(-c4cc(O)cc5ccccc45)c(Cl)cc23)CC1. The molecule has 2 fully saturated rings. The van der Waals surface area contributed by atoms with Crippen molar-refractivity contribution in [1.82, 2.24) is 19.8 Å². The Labute approximate surface area is 242 Å². The molecule has 2 saturated heterocycles. The number of benzene rings is 3. The van der Waals surface area contributed by atoms with E-state index in [0.29, 0.717) is 42.9 Å². The Bertz CT molecular complexity index is 1650. The number of fused-ring (bicyclic) bond motifs is 2. The number of phenols is 1. The molecule has 41 heavy (non-hydrogen) atoms. The first-order chi connectivity index (χ1) is 19.8. The number of phenolic OH excluding ortho intramolecular Hbond substituents is 1. The lowest BCUT2D eigenvalue weighted by molar-refractivity contribution is -0.126. The van der Waals surface area contributed by atoms with Crippen molar-refractivity contribution in [1.29, 1.82) is 0 Å². The molecule has 0 saturated carbocycles. The number of piperazine rings is 1. The third-order valence-electron chi connectivity index (χ3n) is 7.96. The molecule has 0 atom stereocenters. The zero-order valence-electron chi connectivity index (χ0n) is 22.8. The maximum Gasteiger partial charge on any atom is 0.319 e. The number of carbonyl (C=O) groups is 1. The largest absolute Gasteiger partial charge is 0.508 e. The predicted octanol–water partition coefficient (Wildman–Crippen LogP) is 5.26. The highest BCUT2D eigenvalue weighted by atomic mass is 35.5. The minimum Gasteiger partial charge on any atom is -0.508 e. The first-order valence-corrected chi connectivity index (χ1v) is 14.1. The van der Waals surface area contributed by atoms with Crippen LogP contribution in [0.15, 0.2) is 55.1 Å². The molecule has 6 rings (SSSR count). The number of halogens is 2. The van der Waals surface area contributed by atoms with Crippen LogP contribution in [0.5, 0.6) is 11.8 Å². The molecule has 3 aromatic carbocycles. The molecule has 1 aromatic heterocycles. The van der Waals surface area contributed by atoms with Gasteiger partial charge in [0.1, 0.15) is 23.2 Å². The van der Waals surface area contributed by atoms with Crippen LogP contribution in [-0.4, -0.2) is 83.2 Å². The molecular weight excluding hydrogens is 545 g/mol. The topological polar surface area (TPSA) is 82.0 Å². The Morgan fingerprint density at radius 1 is 1.07 bits per heavy atom. The number of hydrogen-bond acceptors (Lipinski definition) is 7. The van der Waals surface area contributed by atoms with Crippen molar-refractivity contribution < 1.29 is 19.0 Å². The van der Waals surface area contributed by atoms with E-state index in [1.807, 2.05) is 29.2 Å². The highest BCUT2D eigenvalue weighted by Crippen LogP contribution is 2.42. The summed E-state index contributed by atoms with van der Waals surface area (Å²) < 4.78 is 22.9. The molecule has 0 radical (unpaired) electrons. The van der Waals surface area contributed by atoms with Crippen molar-refractivity contribution in [2.45, 2.75) is 18.9 Å². The second kappa shape index (κ2) is 11.1. The molecule has 3 heterocycles. The lowest BCUT2D eigenvalue weighted by Gasteiger charge is -2.35. The molecule has 2 aliphatic heterocycles. The first-order valence-electron chi connectivity index (χ1n) is 13.8. The van der Waals surface area contributed by atoms with Crippen molar-refractivity contribution >= 4 is 45.0 Å². The Morgan fingerprint density at radius 2 is 1.80 bits per heavy atom. The van der Waals surface area contributed by atoms with Gasteiger partial charge in [0.05, 0.1) is 5.02 Å². The van der Waals surface area contributed by atoms with Gasteiger partial charge in [0.15, 0.2) is 5.82 Å². The number of amides is 1. The van der Waals surface area contributed by atoms with E-state index >= 15 is 4.39 Å². The number of rotatable bonds is 5. The number of likely N-dealkylation sites (tertiary alicyclic amines) is 1. The van der Waals surface area contributed by atoms with E-state index in [-0.39, 0.29) is 39.9 Å². The molecule has 1 N–H and O–H groups in total. The second-order valence-corrected chi connectivity index (χ2v) is 11.0. The standard InChI is InChI=1S/C31H31ClFN5O3/c1-3-26(40)37-12-14-38(15-13-37)30-24-18-25(32)27(23-17-20(39)16-19-6-4-5-7-22(19)23)28(33)29(24)34-31(35-30)41-21-8-10-36(2)11-9-21/h3-7,16-18,21,39H,1,8-15H2,2H3. The smallest absolute Gasteiger partial charge is 0.319 e. The molecule has 212 valence electrons.